The maximum atomic E-state index is 12.9. The highest BCUT2D eigenvalue weighted by Crippen LogP contribution is 2.16. The predicted molar refractivity (Wildman–Crippen MR) is 126 cm³/mol. The van der Waals surface area contributed by atoms with Gasteiger partial charge in [-0.05, 0) is 35.4 Å². The van der Waals surface area contributed by atoms with Crippen LogP contribution < -0.4 is 4.74 Å². The van der Waals surface area contributed by atoms with Gasteiger partial charge < -0.3 is 19.3 Å². The summed E-state index contributed by atoms with van der Waals surface area (Å²) in [4.78, 5) is 28.8. The van der Waals surface area contributed by atoms with Crippen LogP contribution in [0, 0.1) is 0 Å². The molecule has 1 aliphatic rings. The highest BCUT2D eigenvalue weighted by Gasteiger charge is 2.24. The van der Waals surface area contributed by atoms with Gasteiger partial charge in [0.2, 0.25) is 5.91 Å². The van der Waals surface area contributed by atoms with Gasteiger partial charge in [0.1, 0.15) is 19.0 Å². The normalized spacial score (nSPS) is 13.6. The molecule has 0 unspecified atom stereocenters. The lowest BCUT2D eigenvalue weighted by atomic mass is 10.1. The zero-order valence-corrected chi connectivity index (χ0v) is 18.6. The summed E-state index contributed by atoms with van der Waals surface area (Å²) in [7, 11) is 0. The van der Waals surface area contributed by atoms with E-state index in [0.717, 1.165) is 16.9 Å². The fourth-order valence-electron chi connectivity index (χ4n) is 3.70. The zero-order valence-electron chi connectivity index (χ0n) is 18.6. The number of benzene rings is 3. The third kappa shape index (κ3) is 6.43. The van der Waals surface area contributed by atoms with Crippen LogP contribution in [0.4, 0.5) is 0 Å². The monoisotopic (exact) mass is 444 g/mol. The van der Waals surface area contributed by atoms with Crippen LogP contribution in [0.1, 0.15) is 21.5 Å². The average molecular weight is 445 g/mol. The second-order valence-corrected chi connectivity index (χ2v) is 7.95. The van der Waals surface area contributed by atoms with Gasteiger partial charge in [-0.25, -0.2) is 0 Å². The summed E-state index contributed by atoms with van der Waals surface area (Å²) >= 11 is 0. The molecular formula is C27H28N2O4. The Labute approximate surface area is 194 Å². The van der Waals surface area contributed by atoms with Crippen LogP contribution in [0.5, 0.6) is 5.75 Å². The number of hydrogen-bond donors (Lipinski definition) is 0. The number of nitrogens with zero attached hydrogens (tertiary/aromatic N) is 2. The van der Waals surface area contributed by atoms with Crippen molar-refractivity contribution >= 4 is 11.8 Å². The van der Waals surface area contributed by atoms with Gasteiger partial charge in [0.15, 0.2) is 0 Å². The Bertz CT molecular complexity index is 1030. The summed E-state index contributed by atoms with van der Waals surface area (Å²) in [5.74, 6) is 0.649. The Morgan fingerprint density at radius 3 is 1.82 bits per heavy atom. The second-order valence-electron chi connectivity index (χ2n) is 7.95. The van der Waals surface area contributed by atoms with Crippen molar-refractivity contribution in [3.8, 4) is 5.75 Å². The van der Waals surface area contributed by atoms with E-state index in [9.17, 15) is 9.59 Å². The SMILES string of the molecule is O=C(COCc1ccccc1)N1CCN(C(=O)c2ccc(OCc3ccccc3)cc2)CC1. The van der Waals surface area contributed by atoms with Crippen molar-refractivity contribution in [1.29, 1.82) is 0 Å². The number of piperazine rings is 1. The quantitative estimate of drug-likeness (QED) is 0.531. The van der Waals surface area contributed by atoms with Crippen LogP contribution in [-0.4, -0.2) is 54.4 Å². The lowest BCUT2D eigenvalue weighted by molar-refractivity contribution is -0.138. The first-order valence-corrected chi connectivity index (χ1v) is 11.1. The number of rotatable bonds is 8. The molecule has 0 N–H and O–H groups in total. The van der Waals surface area contributed by atoms with Gasteiger partial charge in [-0.1, -0.05) is 60.7 Å². The molecule has 3 aromatic rings. The molecule has 170 valence electrons. The molecule has 0 aromatic heterocycles. The molecule has 1 heterocycles. The smallest absolute Gasteiger partial charge is 0.253 e. The third-order valence-corrected chi connectivity index (χ3v) is 5.61. The molecule has 0 spiro atoms. The molecular weight excluding hydrogens is 416 g/mol. The van der Waals surface area contributed by atoms with Crippen LogP contribution in [0.2, 0.25) is 0 Å². The molecule has 3 aromatic carbocycles. The van der Waals surface area contributed by atoms with Crippen molar-refractivity contribution in [3.63, 3.8) is 0 Å². The molecule has 6 nitrogen and oxygen atoms in total. The van der Waals surface area contributed by atoms with Crippen molar-refractivity contribution in [1.82, 2.24) is 9.80 Å². The molecule has 0 bridgehead atoms. The van der Waals surface area contributed by atoms with Crippen LogP contribution in [0.15, 0.2) is 84.9 Å². The van der Waals surface area contributed by atoms with Gasteiger partial charge in [-0.2, -0.15) is 0 Å². The summed E-state index contributed by atoms with van der Waals surface area (Å²) in [6, 6.07) is 26.9. The van der Waals surface area contributed by atoms with Crippen molar-refractivity contribution < 1.29 is 19.1 Å². The molecule has 2 amide bonds. The minimum Gasteiger partial charge on any atom is -0.489 e. The lowest BCUT2D eigenvalue weighted by Crippen LogP contribution is -2.51. The van der Waals surface area contributed by atoms with Gasteiger partial charge in [0.25, 0.3) is 5.91 Å². The Morgan fingerprint density at radius 1 is 0.667 bits per heavy atom. The first-order chi connectivity index (χ1) is 16.2. The first kappa shape index (κ1) is 22.6. The van der Waals surface area contributed by atoms with E-state index in [4.69, 9.17) is 9.47 Å². The maximum Gasteiger partial charge on any atom is 0.253 e. The fraction of sp³-hybridized carbons (Fsp3) is 0.259. The number of ether oxygens (including phenoxy) is 2. The Hall–Kier alpha value is -3.64. The van der Waals surface area contributed by atoms with Crippen molar-refractivity contribution in [2.75, 3.05) is 32.8 Å². The van der Waals surface area contributed by atoms with Crippen LogP contribution in [-0.2, 0) is 22.7 Å². The Balaban J connectivity index is 1.20. The summed E-state index contributed by atoms with van der Waals surface area (Å²) < 4.78 is 11.3. The molecule has 1 aliphatic heterocycles. The van der Waals surface area contributed by atoms with Gasteiger partial charge in [0, 0.05) is 31.7 Å². The number of carbonyl (C=O) groups excluding carboxylic acids is 2. The maximum absolute atomic E-state index is 12.9. The highest BCUT2D eigenvalue weighted by molar-refractivity contribution is 5.94. The standard InChI is InChI=1S/C27H28N2O4/c30-26(21-32-19-22-7-3-1-4-8-22)28-15-17-29(18-16-28)27(31)24-11-13-25(14-12-24)33-20-23-9-5-2-6-10-23/h1-14H,15-21H2. The van der Waals surface area contributed by atoms with Gasteiger partial charge >= 0.3 is 0 Å². The van der Waals surface area contributed by atoms with Crippen molar-refractivity contribution in [2.45, 2.75) is 13.2 Å². The van der Waals surface area contributed by atoms with E-state index in [1.165, 1.54) is 0 Å². The fourth-order valence-corrected chi connectivity index (χ4v) is 3.70. The Morgan fingerprint density at radius 2 is 1.21 bits per heavy atom. The molecule has 0 aliphatic carbocycles. The lowest BCUT2D eigenvalue weighted by Gasteiger charge is -2.34. The summed E-state index contributed by atoms with van der Waals surface area (Å²) in [5, 5.41) is 0. The summed E-state index contributed by atoms with van der Waals surface area (Å²) in [6.45, 7) is 2.99. The minimum absolute atomic E-state index is 0.0305. The molecule has 33 heavy (non-hydrogen) atoms. The van der Waals surface area contributed by atoms with Crippen molar-refractivity contribution in [3.05, 3.63) is 102 Å². The second kappa shape index (κ2) is 11.3. The number of amides is 2. The van der Waals surface area contributed by atoms with Crippen molar-refractivity contribution in [2.24, 2.45) is 0 Å². The van der Waals surface area contributed by atoms with E-state index in [1.54, 1.807) is 21.9 Å². The predicted octanol–water partition coefficient (Wildman–Crippen LogP) is 3.77. The Kier molecular flexibility index (Phi) is 7.72. The van der Waals surface area contributed by atoms with Crippen LogP contribution in [0.3, 0.4) is 0 Å². The van der Waals surface area contributed by atoms with Crippen LogP contribution in [0.25, 0.3) is 0 Å². The number of carbonyl (C=O) groups is 2. The van der Waals surface area contributed by atoms with E-state index >= 15 is 0 Å². The zero-order chi connectivity index (χ0) is 22.9. The van der Waals surface area contributed by atoms with Crippen LogP contribution >= 0.6 is 0 Å². The first-order valence-electron chi connectivity index (χ1n) is 11.1. The molecule has 0 radical (unpaired) electrons. The molecule has 6 heteroatoms. The molecule has 1 fully saturated rings. The number of hydrogen-bond acceptors (Lipinski definition) is 4. The molecule has 1 saturated heterocycles. The minimum atomic E-state index is -0.0436. The van der Waals surface area contributed by atoms with E-state index in [0.29, 0.717) is 45.0 Å². The molecule has 4 rings (SSSR count). The van der Waals surface area contributed by atoms with Gasteiger partial charge in [-0.3, -0.25) is 9.59 Å². The van der Waals surface area contributed by atoms with Gasteiger partial charge in [-0.15, -0.1) is 0 Å². The molecule has 0 saturated carbocycles. The highest BCUT2D eigenvalue weighted by atomic mass is 16.5. The van der Waals surface area contributed by atoms with E-state index in [1.807, 2.05) is 72.8 Å². The van der Waals surface area contributed by atoms with Gasteiger partial charge in [0.05, 0.1) is 6.61 Å². The topological polar surface area (TPSA) is 59.1 Å². The largest absolute Gasteiger partial charge is 0.489 e. The van der Waals surface area contributed by atoms with E-state index in [2.05, 4.69) is 0 Å². The summed E-state index contributed by atoms with van der Waals surface area (Å²) in [6.07, 6.45) is 0. The third-order valence-electron chi connectivity index (χ3n) is 5.61. The van der Waals surface area contributed by atoms with E-state index < -0.39 is 0 Å². The molecule has 0 atom stereocenters. The average Bonchev–Trinajstić information content (AvgIpc) is 2.88. The summed E-state index contributed by atoms with van der Waals surface area (Å²) in [5.41, 5.74) is 2.75. The van der Waals surface area contributed by atoms with E-state index in [-0.39, 0.29) is 18.4 Å².